The van der Waals surface area contributed by atoms with E-state index in [1.807, 2.05) is 115 Å². The highest BCUT2D eigenvalue weighted by Gasteiger charge is 2.41. The van der Waals surface area contributed by atoms with E-state index in [0.717, 1.165) is 39.0 Å². The third-order valence-electron chi connectivity index (χ3n) is 7.66. The number of anilines is 1. The Balaban J connectivity index is 1.46. The van der Waals surface area contributed by atoms with Gasteiger partial charge in [-0.25, -0.2) is 4.68 Å². The lowest BCUT2D eigenvalue weighted by molar-refractivity contribution is -0.118. The molecule has 0 spiro atoms. The summed E-state index contributed by atoms with van der Waals surface area (Å²) < 4.78 is 1.54. The molecule has 0 bridgehead atoms. The number of hydrogen-bond acceptors (Lipinski definition) is 2. The molecule has 1 unspecified atom stereocenters. The molecule has 7 rings (SSSR count). The lowest BCUT2D eigenvalue weighted by Gasteiger charge is -2.18. The highest BCUT2D eigenvalue weighted by molar-refractivity contribution is 6.31. The van der Waals surface area contributed by atoms with Gasteiger partial charge in [0.25, 0.3) is 5.56 Å². The number of carbonyl (C=O) groups excluding carboxylic acids is 1. The van der Waals surface area contributed by atoms with Crippen LogP contribution >= 0.6 is 11.6 Å². The molecule has 1 aliphatic rings. The molecule has 196 valence electrons. The van der Waals surface area contributed by atoms with E-state index in [0.29, 0.717) is 28.5 Å². The molecule has 4 aromatic carbocycles. The number of nitrogens with zero attached hydrogens (tertiary/aromatic N) is 2. The van der Waals surface area contributed by atoms with Crippen LogP contribution in [-0.2, 0) is 11.3 Å². The Morgan fingerprint density at radius 3 is 2.33 bits per heavy atom. The van der Waals surface area contributed by atoms with Gasteiger partial charge < -0.3 is 9.88 Å². The van der Waals surface area contributed by atoms with Crippen LogP contribution in [0.2, 0.25) is 5.02 Å². The smallest absolute Gasteiger partial charge is 0.280 e. The van der Waals surface area contributed by atoms with Crippen molar-refractivity contribution in [2.75, 3.05) is 4.90 Å². The van der Waals surface area contributed by atoms with Gasteiger partial charge in [0.2, 0.25) is 5.91 Å². The number of aromatic nitrogens is 3. The zero-order valence-electron chi connectivity index (χ0n) is 21.7. The number of aryl methyl sites for hydroxylation is 1. The Morgan fingerprint density at radius 2 is 1.55 bits per heavy atom. The van der Waals surface area contributed by atoms with Crippen LogP contribution in [0, 0.1) is 6.92 Å². The van der Waals surface area contributed by atoms with Crippen molar-refractivity contribution in [1.82, 2.24) is 14.8 Å². The minimum atomic E-state index is -0.610. The molecular weight excluding hydrogens is 520 g/mol. The quantitative estimate of drug-likeness (QED) is 0.246. The standard InChI is InChI=1S/C33H25ClN4O2/c1-20-28(33(40)38(36-20)23-12-6-3-7-13-23)31-29(25-18-22(34)16-17-26(25)35-31)30-24-14-8-9-15-27(24)37(32(30)39)19-21-10-4-2-5-11-21/h2-18,30,35-36H,19H2,1H3. The molecule has 0 radical (unpaired) electrons. The molecule has 0 aliphatic carbocycles. The van der Waals surface area contributed by atoms with Gasteiger partial charge in [-0.1, -0.05) is 78.3 Å². The molecule has 2 N–H and O–H groups in total. The van der Waals surface area contributed by atoms with Crippen molar-refractivity contribution >= 4 is 34.1 Å². The SMILES string of the molecule is Cc1[nH]n(-c2ccccc2)c(=O)c1-c1[nH]c2ccc(Cl)cc2c1C1C(=O)N(Cc2ccccc2)c2ccccc21. The maximum absolute atomic E-state index is 14.4. The Hall–Kier alpha value is -4.81. The third kappa shape index (κ3) is 3.80. The summed E-state index contributed by atoms with van der Waals surface area (Å²) >= 11 is 6.49. The number of nitrogens with one attached hydrogen (secondary N) is 2. The highest BCUT2D eigenvalue weighted by Crippen LogP contribution is 2.47. The van der Waals surface area contributed by atoms with Gasteiger partial charge in [0.1, 0.15) is 0 Å². The Kier molecular flexibility index (Phi) is 5.72. The first-order valence-corrected chi connectivity index (χ1v) is 13.5. The van der Waals surface area contributed by atoms with Gasteiger partial charge in [0, 0.05) is 32.9 Å². The van der Waals surface area contributed by atoms with Gasteiger partial charge in [-0.2, -0.15) is 0 Å². The fourth-order valence-corrected chi connectivity index (χ4v) is 6.05. The molecule has 6 nitrogen and oxygen atoms in total. The molecule has 3 heterocycles. The number of aromatic amines is 2. The van der Waals surface area contributed by atoms with E-state index in [-0.39, 0.29) is 11.5 Å². The number of fused-ring (bicyclic) bond motifs is 2. The van der Waals surface area contributed by atoms with Crippen molar-refractivity contribution < 1.29 is 4.79 Å². The lowest BCUT2D eigenvalue weighted by Crippen LogP contribution is -2.28. The first-order chi connectivity index (χ1) is 19.5. The predicted molar refractivity (Wildman–Crippen MR) is 159 cm³/mol. The van der Waals surface area contributed by atoms with Crippen LogP contribution in [-0.4, -0.2) is 20.7 Å². The molecule has 2 aromatic heterocycles. The molecule has 0 fully saturated rings. The monoisotopic (exact) mass is 544 g/mol. The van der Waals surface area contributed by atoms with E-state index in [2.05, 4.69) is 10.1 Å². The van der Waals surface area contributed by atoms with Gasteiger partial charge in [-0.3, -0.25) is 14.7 Å². The molecule has 6 aromatic rings. The van der Waals surface area contributed by atoms with Gasteiger partial charge >= 0.3 is 0 Å². The fraction of sp³-hybridized carbons (Fsp3) is 0.0909. The number of rotatable bonds is 5. The summed E-state index contributed by atoms with van der Waals surface area (Å²) in [6.45, 7) is 2.33. The van der Waals surface area contributed by atoms with E-state index >= 15 is 0 Å². The Labute approximate surface area is 235 Å². The van der Waals surface area contributed by atoms with Crippen LogP contribution in [0.15, 0.2) is 108 Å². The first-order valence-electron chi connectivity index (χ1n) is 13.1. The summed E-state index contributed by atoms with van der Waals surface area (Å²) in [5, 5.41) is 4.62. The molecule has 7 heteroatoms. The highest BCUT2D eigenvalue weighted by atomic mass is 35.5. The van der Waals surface area contributed by atoms with E-state index < -0.39 is 5.92 Å². The van der Waals surface area contributed by atoms with Crippen molar-refractivity contribution in [3.05, 3.63) is 141 Å². The molecule has 40 heavy (non-hydrogen) atoms. The Morgan fingerprint density at radius 1 is 0.850 bits per heavy atom. The largest absolute Gasteiger partial charge is 0.354 e. The van der Waals surface area contributed by atoms with Crippen LogP contribution in [0.25, 0.3) is 27.8 Å². The van der Waals surface area contributed by atoms with Crippen molar-refractivity contribution in [2.45, 2.75) is 19.4 Å². The summed E-state index contributed by atoms with van der Waals surface area (Å²) in [6.07, 6.45) is 0. The number of hydrogen-bond donors (Lipinski definition) is 2. The summed E-state index contributed by atoms with van der Waals surface area (Å²) in [4.78, 5) is 33.6. The van der Waals surface area contributed by atoms with Crippen LogP contribution < -0.4 is 10.5 Å². The second kappa shape index (κ2) is 9.43. The predicted octanol–water partition coefficient (Wildman–Crippen LogP) is 6.95. The molecule has 1 aliphatic heterocycles. The van der Waals surface area contributed by atoms with E-state index in [9.17, 15) is 9.59 Å². The average molecular weight is 545 g/mol. The number of benzene rings is 4. The summed E-state index contributed by atoms with van der Waals surface area (Å²) in [5.74, 6) is -0.648. The molecule has 0 saturated heterocycles. The lowest BCUT2D eigenvalue weighted by atomic mass is 9.88. The van der Waals surface area contributed by atoms with Crippen molar-refractivity contribution in [2.24, 2.45) is 0 Å². The van der Waals surface area contributed by atoms with Crippen LogP contribution in [0.4, 0.5) is 5.69 Å². The molecule has 0 saturated carbocycles. The number of H-pyrrole nitrogens is 2. The second-order valence-electron chi connectivity index (χ2n) is 10.1. The Bertz CT molecular complexity index is 1950. The fourth-order valence-electron chi connectivity index (χ4n) is 5.87. The first kappa shape index (κ1) is 24.2. The van der Waals surface area contributed by atoms with Gasteiger partial charge in [0.05, 0.1) is 29.4 Å². The van der Waals surface area contributed by atoms with Gasteiger partial charge in [0.15, 0.2) is 0 Å². The minimum absolute atomic E-state index is 0.0382. The number of carbonyl (C=O) groups is 1. The minimum Gasteiger partial charge on any atom is -0.354 e. The zero-order valence-corrected chi connectivity index (χ0v) is 22.4. The van der Waals surface area contributed by atoms with Crippen LogP contribution in [0.5, 0.6) is 0 Å². The zero-order chi connectivity index (χ0) is 27.4. The average Bonchev–Trinajstić information content (AvgIpc) is 3.57. The molecule has 1 atom stereocenters. The van der Waals surface area contributed by atoms with Crippen LogP contribution in [0.3, 0.4) is 0 Å². The topological polar surface area (TPSA) is 73.9 Å². The van der Waals surface area contributed by atoms with E-state index in [1.54, 1.807) is 4.68 Å². The summed E-state index contributed by atoms with van der Waals surface area (Å²) in [6, 6.07) is 32.9. The second-order valence-corrected chi connectivity index (χ2v) is 10.5. The number of para-hydroxylation sites is 2. The van der Waals surface area contributed by atoms with Crippen molar-refractivity contribution in [3.8, 4) is 16.9 Å². The van der Waals surface area contributed by atoms with E-state index in [1.165, 1.54) is 0 Å². The maximum Gasteiger partial charge on any atom is 0.280 e. The van der Waals surface area contributed by atoms with Gasteiger partial charge in [-0.15, -0.1) is 0 Å². The number of halogens is 1. The van der Waals surface area contributed by atoms with Crippen molar-refractivity contribution in [3.63, 3.8) is 0 Å². The number of amides is 1. The normalized spacial score (nSPS) is 14.7. The summed E-state index contributed by atoms with van der Waals surface area (Å²) in [5.41, 5.74) is 6.75. The van der Waals surface area contributed by atoms with Gasteiger partial charge in [-0.05, 0) is 54.4 Å². The van der Waals surface area contributed by atoms with Crippen LogP contribution in [0.1, 0.15) is 28.3 Å². The maximum atomic E-state index is 14.4. The molecular formula is C33H25ClN4O2. The third-order valence-corrected chi connectivity index (χ3v) is 7.90. The van der Waals surface area contributed by atoms with Crippen molar-refractivity contribution in [1.29, 1.82) is 0 Å². The summed E-state index contributed by atoms with van der Waals surface area (Å²) in [7, 11) is 0. The van der Waals surface area contributed by atoms with E-state index in [4.69, 9.17) is 11.6 Å². The molecule has 1 amide bonds.